The fourth-order valence-corrected chi connectivity index (χ4v) is 3.16. The highest BCUT2D eigenvalue weighted by Gasteiger charge is 2.10. The minimum Gasteiger partial charge on any atom is -0.317 e. The second-order valence-corrected chi connectivity index (χ2v) is 6.69. The van der Waals surface area contributed by atoms with Gasteiger partial charge in [-0.05, 0) is 37.6 Å². The molecule has 0 amide bonds. The van der Waals surface area contributed by atoms with E-state index in [0.29, 0.717) is 6.04 Å². The summed E-state index contributed by atoms with van der Waals surface area (Å²) in [6, 6.07) is 5.45. The molecule has 0 fully saturated rings. The Hall–Kier alpha value is -0.410. The summed E-state index contributed by atoms with van der Waals surface area (Å²) >= 11 is 3.45. The Bertz CT molecular complexity index is 395. The number of benzene rings is 1. The van der Waals surface area contributed by atoms with Crippen molar-refractivity contribution in [2.45, 2.75) is 70.8 Å². The number of halogens is 2. The third kappa shape index (κ3) is 7.96. The van der Waals surface area contributed by atoms with Gasteiger partial charge in [-0.15, -0.1) is 0 Å². The number of hydrogen-bond donors (Lipinski definition) is 1. The first kappa shape index (κ1) is 18.6. The quantitative estimate of drug-likeness (QED) is 0.489. The standard InChI is InChI=1S/C18H29BrFN/c1-3-4-5-6-7-8-9-10-17(21-2)13-15-11-12-16(20)14-18(15)19/h11-12,14,17,21H,3-10,13H2,1-2H3. The average Bonchev–Trinajstić information content (AvgIpc) is 2.47. The van der Waals surface area contributed by atoms with Crippen LogP contribution in [0.1, 0.15) is 63.9 Å². The fourth-order valence-electron chi connectivity index (χ4n) is 2.65. The molecule has 1 N–H and O–H groups in total. The molecule has 0 saturated heterocycles. The summed E-state index contributed by atoms with van der Waals surface area (Å²) < 4.78 is 14.0. The first-order chi connectivity index (χ1) is 10.2. The maximum absolute atomic E-state index is 13.1. The molecule has 21 heavy (non-hydrogen) atoms. The minimum atomic E-state index is -0.182. The molecular formula is C18H29BrFN. The molecule has 0 saturated carbocycles. The van der Waals surface area contributed by atoms with E-state index in [2.05, 4.69) is 28.2 Å². The van der Waals surface area contributed by atoms with Crippen LogP contribution in [0.15, 0.2) is 22.7 Å². The molecule has 3 heteroatoms. The van der Waals surface area contributed by atoms with Crippen molar-refractivity contribution >= 4 is 15.9 Å². The Kier molecular flexibility index (Phi) is 9.94. The molecule has 0 heterocycles. The van der Waals surface area contributed by atoms with E-state index in [1.165, 1.54) is 56.9 Å². The second-order valence-electron chi connectivity index (χ2n) is 5.84. The molecular weight excluding hydrogens is 329 g/mol. The zero-order chi connectivity index (χ0) is 15.5. The summed E-state index contributed by atoms with van der Waals surface area (Å²) in [5, 5.41) is 3.39. The van der Waals surface area contributed by atoms with Crippen molar-refractivity contribution in [3.63, 3.8) is 0 Å². The average molecular weight is 358 g/mol. The third-order valence-corrected chi connectivity index (χ3v) is 4.78. The molecule has 120 valence electrons. The summed E-state index contributed by atoms with van der Waals surface area (Å²) in [4.78, 5) is 0. The highest BCUT2D eigenvalue weighted by atomic mass is 79.9. The van der Waals surface area contributed by atoms with Crippen LogP contribution in [-0.4, -0.2) is 13.1 Å². The van der Waals surface area contributed by atoms with Gasteiger partial charge in [0.15, 0.2) is 0 Å². The van der Waals surface area contributed by atoms with Gasteiger partial charge in [0.1, 0.15) is 5.82 Å². The van der Waals surface area contributed by atoms with Crippen molar-refractivity contribution in [2.24, 2.45) is 0 Å². The van der Waals surface area contributed by atoms with Crippen molar-refractivity contribution < 1.29 is 4.39 Å². The summed E-state index contributed by atoms with van der Waals surface area (Å²) in [5.41, 5.74) is 1.18. The first-order valence-corrected chi connectivity index (χ1v) is 9.07. The van der Waals surface area contributed by atoms with E-state index in [4.69, 9.17) is 0 Å². The van der Waals surface area contributed by atoms with Crippen molar-refractivity contribution in [3.05, 3.63) is 34.1 Å². The first-order valence-electron chi connectivity index (χ1n) is 8.28. The molecule has 1 aromatic carbocycles. The van der Waals surface area contributed by atoms with Crippen LogP contribution in [0.5, 0.6) is 0 Å². The van der Waals surface area contributed by atoms with Crippen molar-refractivity contribution in [2.75, 3.05) is 7.05 Å². The lowest BCUT2D eigenvalue weighted by molar-refractivity contribution is 0.477. The maximum atomic E-state index is 13.1. The van der Waals surface area contributed by atoms with E-state index in [0.717, 1.165) is 10.9 Å². The lowest BCUT2D eigenvalue weighted by atomic mass is 9.99. The van der Waals surface area contributed by atoms with Gasteiger partial charge in [-0.2, -0.15) is 0 Å². The lowest BCUT2D eigenvalue weighted by Crippen LogP contribution is -2.27. The topological polar surface area (TPSA) is 12.0 Å². The fraction of sp³-hybridized carbons (Fsp3) is 0.667. The molecule has 1 rings (SSSR count). The van der Waals surface area contributed by atoms with E-state index in [9.17, 15) is 4.39 Å². The molecule has 1 nitrogen and oxygen atoms in total. The third-order valence-electron chi connectivity index (χ3n) is 4.05. The number of likely N-dealkylation sites (N-methyl/N-ethyl adjacent to an activating group) is 1. The van der Waals surface area contributed by atoms with E-state index >= 15 is 0 Å². The van der Waals surface area contributed by atoms with Crippen LogP contribution in [0.3, 0.4) is 0 Å². The van der Waals surface area contributed by atoms with E-state index in [1.807, 2.05) is 13.1 Å². The van der Waals surface area contributed by atoms with Gasteiger partial charge in [-0.3, -0.25) is 0 Å². The molecule has 1 atom stereocenters. The van der Waals surface area contributed by atoms with Gasteiger partial charge in [0, 0.05) is 10.5 Å². The molecule has 0 aromatic heterocycles. The van der Waals surface area contributed by atoms with Crippen LogP contribution in [0.25, 0.3) is 0 Å². The Morgan fingerprint density at radius 1 is 1.10 bits per heavy atom. The van der Waals surface area contributed by atoms with Crippen molar-refractivity contribution in [3.8, 4) is 0 Å². The second kappa shape index (κ2) is 11.2. The van der Waals surface area contributed by atoms with Crippen LogP contribution in [0, 0.1) is 5.82 Å². The van der Waals surface area contributed by atoms with E-state index in [-0.39, 0.29) is 5.82 Å². The monoisotopic (exact) mass is 357 g/mol. The number of hydrogen-bond acceptors (Lipinski definition) is 1. The number of nitrogens with one attached hydrogen (secondary N) is 1. The van der Waals surface area contributed by atoms with Crippen molar-refractivity contribution in [1.82, 2.24) is 5.32 Å². The molecule has 0 spiro atoms. The summed E-state index contributed by atoms with van der Waals surface area (Å²) in [6.45, 7) is 2.26. The Morgan fingerprint density at radius 2 is 1.76 bits per heavy atom. The smallest absolute Gasteiger partial charge is 0.124 e. The maximum Gasteiger partial charge on any atom is 0.124 e. The summed E-state index contributed by atoms with van der Waals surface area (Å²) in [5.74, 6) is -0.182. The highest BCUT2D eigenvalue weighted by Crippen LogP contribution is 2.21. The Balaban J connectivity index is 2.25. The van der Waals surface area contributed by atoms with Crippen LogP contribution >= 0.6 is 15.9 Å². The molecule has 0 aliphatic carbocycles. The lowest BCUT2D eigenvalue weighted by Gasteiger charge is -2.17. The van der Waals surface area contributed by atoms with Gasteiger partial charge in [0.25, 0.3) is 0 Å². The molecule has 0 aliphatic heterocycles. The molecule has 0 bridgehead atoms. The SMILES string of the molecule is CCCCCCCCCC(Cc1ccc(F)cc1Br)NC. The minimum absolute atomic E-state index is 0.182. The Labute approximate surface area is 137 Å². The summed E-state index contributed by atoms with van der Waals surface area (Å²) in [6.07, 6.45) is 11.5. The molecule has 0 aliphatic rings. The predicted octanol–water partition coefficient (Wildman–Crippen LogP) is 5.86. The molecule has 1 aromatic rings. The Morgan fingerprint density at radius 3 is 2.38 bits per heavy atom. The molecule has 1 unspecified atom stereocenters. The van der Waals surface area contributed by atoms with Gasteiger partial charge in [0.2, 0.25) is 0 Å². The summed E-state index contributed by atoms with van der Waals surface area (Å²) in [7, 11) is 2.02. The van der Waals surface area contributed by atoms with Gasteiger partial charge in [-0.1, -0.05) is 73.9 Å². The van der Waals surface area contributed by atoms with Crippen molar-refractivity contribution in [1.29, 1.82) is 0 Å². The van der Waals surface area contributed by atoms with Crippen LogP contribution < -0.4 is 5.32 Å². The number of rotatable bonds is 11. The zero-order valence-corrected chi connectivity index (χ0v) is 15.0. The highest BCUT2D eigenvalue weighted by molar-refractivity contribution is 9.10. The van der Waals surface area contributed by atoms with E-state index in [1.54, 1.807) is 12.1 Å². The van der Waals surface area contributed by atoms with Gasteiger partial charge >= 0.3 is 0 Å². The normalized spacial score (nSPS) is 12.6. The largest absolute Gasteiger partial charge is 0.317 e. The van der Waals surface area contributed by atoms with Crippen LogP contribution in [0.4, 0.5) is 4.39 Å². The van der Waals surface area contributed by atoms with Gasteiger partial charge in [-0.25, -0.2) is 4.39 Å². The van der Waals surface area contributed by atoms with Crippen LogP contribution in [-0.2, 0) is 6.42 Å². The van der Waals surface area contributed by atoms with E-state index < -0.39 is 0 Å². The molecule has 0 radical (unpaired) electrons. The van der Waals surface area contributed by atoms with Crippen LogP contribution in [0.2, 0.25) is 0 Å². The predicted molar refractivity (Wildman–Crippen MR) is 93.3 cm³/mol. The van der Waals surface area contributed by atoms with Gasteiger partial charge in [0.05, 0.1) is 0 Å². The van der Waals surface area contributed by atoms with Gasteiger partial charge < -0.3 is 5.32 Å². The zero-order valence-electron chi connectivity index (χ0n) is 13.4. The number of unbranched alkanes of at least 4 members (excludes halogenated alkanes) is 6.